The molecule has 1 aromatic rings. The number of rotatable bonds is 5. The van der Waals surface area contributed by atoms with Gasteiger partial charge in [-0.1, -0.05) is 17.7 Å². The third-order valence-electron chi connectivity index (χ3n) is 5.06. The van der Waals surface area contributed by atoms with E-state index in [0.717, 1.165) is 5.56 Å². The Morgan fingerprint density at radius 1 is 1.19 bits per heavy atom. The van der Waals surface area contributed by atoms with Crippen LogP contribution in [0.1, 0.15) is 25.3 Å². The molecule has 1 spiro atoms. The topological polar surface area (TPSA) is 76.2 Å². The summed E-state index contributed by atoms with van der Waals surface area (Å²) in [7, 11) is -3.64. The maximum atomic E-state index is 13.1. The van der Waals surface area contributed by atoms with Gasteiger partial charge in [-0.3, -0.25) is 4.79 Å². The second-order valence-corrected chi connectivity index (χ2v) is 8.57. The van der Waals surface area contributed by atoms with Gasteiger partial charge in [-0.05, 0) is 26.0 Å². The van der Waals surface area contributed by atoms with Crippen LogP contribution >= 0.6 is 0 Å². The van der Waals surface area contributed by atoms with E-state index in [0.29, 0.717) is 45.7 Å². The molecule has 0 aromatic heterocycles. The summed E-state index contributed by atoms with van der Waals surface area (Å²) in [4.78, 5) is 14.1. The normalized spacial score (nSPS) is 20.6. The molecule has 0 atom stereocenters. The molecule has 7 nitrogen and oxygen atoms in total. The Bertz CT molecular complexity index is 739. The van der Waals surface area contributed by atoms with E-state index in [1.165, 1.54) is 4.31 Å². The number of hydrogen-bond donors (Lipinski definition) is 0. The number of nitrogens with zero attached hydrogens (tertiary/aromatic N) is 2. The van der Waals surface area contributed by atoms with E-state index >= 15 is 0 Å². The third kappa shape index (κ3) is 3.64. The summed E-state index contributed by atoms with van der Waals surface area (Å²) < 4.78 is 38.8. The molecule has 0 aliphatic carbocycles. The Labute approximate surface area is 154 Å². The first kappa shape index (κ1) is 19.3. The average molecular weight is 382 g/mol. The van der Waals surface area contributed by atoms with Gasteiger partial charge in [0, 0.05) is 39.1 Å². The molecule has 2 fully saturated rings. The predicted molar refractivity (Wildman–Crippen MR) is 96.1 cm³/mol. The number of benzene rings is 1. The monoisotopic (exact) mass is 382 g/mol. The van der Waals surface area contributed by atoms with E-state index in [1.807, 2.05) is 13.8 Å². The average Bonchev–Trinajstić information content (AvgIpc) is 3.04. The molecule has 2 aliphatic rings. The molecule has 0 unspecified atom stereocenters. The smallest absolute Gasteiger partial charge is 0.248 e. The van der Waals surface area contributed by atoms with Crippen LogP contribution in [-0.2, 0) is 24.3 Å². The lowest BCUT2D eigenvalue weighted by atomic mass is 10.0. The van der Waals surface area contributed by atoms with Crippen LogP contribution in [0.2, 0.25) is 0 Å². The fourth-order valence-electron chi connectivity index (χ4n) is 3.55. The van der Waals surface area contributed by atoms with Gasteiger partial charge in [0.1, 0.15) is 12.3 Å². The summed E-state index contributed by atoms with van der Waals surface area (Å²) in [6.07, 6.45) is 0.936. The zero-order valence-electron chi connectivity index (χ0n) is 15.3. The second-order valence-electron chi connectivity index (χ2n) is 6.70. The Hall–Kier alpha value is -1.48. The SMILES string of the molecule is CCOCC(=O)N1CCC2(CC1)OCCN2S(=O)(=O)c1ccc(C)cc1. The molecule has 3 rings (SSSR count). The minimum Gasteiger partial charge on any atom is -0.372 e. The maximum Gasteiger partial charge on any atom is 0.248 e. The molecule has 1 amide bonds. The quantitative estimate of drug-likeness (QED) is 0.769. The standard InChI is InChI=1S/C18H26N2O5S/c1-3-24-14-17(21)19-10-8-18(9-11-19)20(12-13-25-18)26(22,23)16-6-4-15(2)5-7-16/h4-7H,3,8-14H2,1-2H3. The van der Waals surface area contributed by atoms with E-state index in [4.69, 9.17) is 9.47 Å². The van der Waals surface area contributed by atoms with Gasteiger partial charge in [-0.2, -0.15) is 4.31 Å². The molecule has 8 heteroatoms. The number of piperidine rings is 1. The number of hydrogen-bond acceptors (Lipinski definition) is 5. The van der Waals surface area contributed by atoms with E-state index in [2.05, 4.69) is 0 Å². The highest BCUT2D eigenvalue weighted by molar-refractivity contribution is 7.89. The molecule has 0 radical (unpaired) electrons. The Balaban J connectivity index is 1.74. The van der Waals surface area contributed by atoms with E-state index < -0.39 is 15.7 Å². The highest BCUT2D eigenvalue weighted by Crippen LogP contribution is 2.38. The third-order valence-corrected chi connectivity index (χ3v) is 7.02. The predicted octanol–water partition coefficient (Wildman–Crippen LogP) is 1.37. The van der Waals surface area contributed by atoms with Gasteiger partial charge >= 0.3 is 0 Å². The summed E-state index contributed by atoms with van der Waals surface area (Å²) in [5.41, 5.74) is 0.156. The fourth-order valence-corrected chi connectivity index (χ4v) is 5.27. The molecule has 1 aromatic carbocycles. The molecule has 2 heterocycles. The molecule has 26 heavy (non-hydrogen) atoms. The van der Waals surface area contributed by atoms with Gasteiger partial charge in [0.05, 0.1) is 11.5 Å². The van der Waals surface area contributed by atoms with Gasteiger partial charge in [0.15, 0.2) is 0 Å². The van der Waals surface area contributed by atoms with Crippen molar-refractivity contribution >= 4 is 15.9 Å². The zero-order valence-corrected chi connectivity index (χ0v) is 16.1. The number of ether oxygens (including phenoxy) is 2. The second kappa shape index (κ2) is 7.64. The van der Waals surface area contributed by atoms with Crippen LogP contribution in [0.15, 0.2) is 29.2 Å². The van der Waals surface area contributed by atoms with Crippen LogP contribution in [-0.4, -0.2) is 68.7 Å². The van der Waals surface area contributed by atoms with Crippen molar-refractivity contribution in [1.82, 2.24) is 9.21 Å². The molecular formula is C18H26N2O5S. The van der Waals surface area contributed by atoms with E-state index in [9.17, 15) is 13.2 Å². The van der Waals surface area contributed by atoms with Crippen molar-refractivity contribution in [2.75, 3.05) is 39.5 Å². The molecule has 0 bridgehead atoms. The molecule has 0 saturated carbocycles. The number of amides is 1. The number of carbonyl (C=O) groups is 1. The Kier molecular flexibility index (Phi) is 5.67. The van der Waals surface area contributed by atoms with Crippen molar-refractivity contribution in [1.29, 1.82) is 0 Å². The van der Waals surface area contributed by atoms with Crippen LogP contribution in [0.4, 0.5) is 0 Å². The van der Waals surface area contributed by atoms with Gasteiger partial charge in [0.2, 0.25) is 15.9 Å². The lowest BCUT2D eigenvalue weighted by Crippen LogP contribution is -2.56. The van der Waals surface area contributed by atoms with Gasteiger partial charge in [0.25, 0.3) is 0 Å². The largest absolute Gasteiger partial charge is 0.372 e. The fraction of sp³-hybridized carbons (Fsp3) is 0.611. The molecule has 2 aliphatic heterocycles. The molecule has 144 valence electrons. The first-order valence-corrected chi connectivity index (χ1v) is 10.4. The van der Waals surface area contributed by atoms with Crippen LogP contribution in [0.5, 0.6) is 0 Å². The molecular weight excluding hydrogens is 356 g/mol. The first-order valence-electron chi connectivity index (χ1n) is 8.98. The highest BCUT2D eigenvalue weighted by atomic mass is 32.2. The van der Waals surface area contributed by atoms with Crippen LogP contribution in [0.25, 0.3) is 0 Å². The summed E-state index contributed by atoms with van der Waals surface area (Å²) in [6.45, 7) is 5.97. The summed E-state index contributed by atoms with van der Waals surface area (Å²) >= 11 is 0. The lowest BCUT2D eigenvalue weighted by molar-refractivity contribution is -0.144. The number of aryl methyl sites for hydroxylation is 1. The summed E-state index contributed by atoms with van der Waals surface area (Å²) in [5, 5.41) is 0. The highest BCUT2D eigenvalue weighted by Gasteiger charge is 2.50. The van der Waals surface area contributed by atoms with Crippen LogP contribution in [0, 0.1) is 6.92 Å². The minimum absolute atomic E-state index is 0.0624. The number of likely N-dealkylation sites (tertiary alicyclic amines) is 1. The Morgan fingerprint density at radius 3 is 2.46 bits per heavy atom. The van der Waals surface area contributed by atoms with Crippen molar-refractivity contribution in [3.05, 3.63) is 29.8 Å². The van der Waals surface area contributed by atoms with Crippen molar-refractivity contribution in [3.8, 4) is 0 Å². The molecule has 0 N–H and O–H groups in total. The summed E-state index contributed by atoms with van der Waals surface area (Å²) in [6, 6.07) is 6.87. The number of sulfonamides is 1. The van der Waals surface area contributed by atoms with Crippen molar-refractivity contribution in [2.24, 2.45) is 0 Å². The van der Waals surface area contributed by atoms with Crippen LogP contribution < -0.4 is 0 Å². The van der Waals surface area contributed by atoms with Crippen molar-refractivity contribution in [2.45, 2.75) is 37.3 Å². The Morgan fingerprint density at radius 2 is 1.85 bits per heavy atom. The zero-order chi connectivity index (χ0) is 18.8. The lowest BCUT2D eigenvalue weighted by Gasteiger charge is -2.42. The van der Waals surface area contributed by atoms with Gasteiger partial charge in [-0.15, -0.1) is 0 Å². The van der Waals surface area contributed by atoms with Gasteiger partial charge in [-0.25, -0.2) is 8.42 Å². The summed E-state index contributed by atoms with van der Waals surface area (Å²) in [5.74, 6) is -0.0624. The molecule has 2 saturated heterocycles. The van der Waals surface area contributed by atoms with E-state index in [-0.39, 0.29) is 17.4 Å². The van der Waals surface area contributed by atoms with Crippen molar-refractivity contribution in [3.63, 3.8) is 0 Å². The van der Waals surface area contributed by atoms with E-state index in [1.54, 1.807) is 29.2 Å². The van der Waals surface area contributed by atoms with Crippen molar-refractivity contribution < 1.29 is 22.7 Å². The first-order chi connectivity index (χ1) is 12.4. The minimum atomic E-state index is -3.64. The maximum absolute atomic E-state index is 13.1. The van der Waals surface area contributed by atoms with Crippen LogP contribution in [0.3, 0.4) is 0 Å². The number of carbonyl (C=O) groups excluding carboxylic acids is 1. The van der Waals surface area contributed by atoms with Gasteiger partial charge < -0.3 is 14.4 Å².